The van der Waals surface area contributed by atoms with Crippen molar-refractivity contribution in [3.8, 4) is 17.3 Å². The van der Waals surface area contributed by atoms with Crippen LogP contribution in [0.1, 0.15) is 24.7 Å². The van der Waals surface area contributed by atoms with Crippen LogP contribution in [0, 0.1) is 5.82 Å². The summed E-state index contributed by atoms with van der Waals surface area (Å²) in [6.07, 6.45) is 2.88. The van der Waals surface area contributed by atoms with Crippen LogP contribution >= 0.6 is 0 Å². The second kappa shape index (κ2) is 9.02. The van der Waals surface area contributed by atoms with E-state index >= 15 is 0 Å². The molecule has 162 valence electrons. The largest absolute Gasteiger partial charge is 0.432 e. The molecule has 0 bridgehead atoms. The Hall–Kier alpha value is -3.63. The van der Waals surface area contributed by atoms with Crippen LogP contribution in [0.4, 0.5) is 23.7 Å². The number of anilines is 1. The molecule has 3 heterocycles. The number of hydrogen-bond acceptors (Lipinski definition) is 6. The molecule has 31 heavy (non-hydrogen) atoms. The Labute approximate surface area is 175 Å². The van der Waals surface area contributed by atoms with E-state index in [9.17, 15) is 18.0 Å². The number of carbonyl (C=O) groups is 1. The second-order valence-corrected chi connectivity index (χ2v) is 6.89. The number of urea groups is 1. The predicted molar refractivity (Wildman–Crippen MR) is 103 cm³/mol. The van der Waals surface area contributed by atoms with Crippen LogP contribution in [0.15, 0.2) is 47.1 Å². The maximum atomic E-state index is 13.8. The molecule has 0 saturated carbocycles. The van der Waals surface area contributed by atoms with E-state index in [0.29, 0.717) is 43.3 Å². The number of pyridine rings is 1. The molecule has 2 aromatic heterocycles. The monoisotopic (exact) mass is 433 g/mol. The molecule has 0 spiro atoms. The van der Waals surface area contributed by atoms with Crippen LogP contribution in [0.2, 0.25) is 0 Å². The summed E-state index contributed by atoms with van der Waals surface area (Å²) < 4.78 is 47.7. The van der Waals surface area contributed by atoms with Gasteiger partial charge in [0.05, 0.1) is 0 Å². The van der Waals surface area contributed by atoms with E-state index < -0.39 is 24.2 Å². The zero-order chi connectivity index (χ0) is 21.8. The summed E-state index contributed by atoms with van der Waals surface area (Å²) in [4.78, 5) is 22.6. The Morgan fingerprint density at radius 3 is 2.71 bits per heavy atom. The molecular weight excluding hydrogens is 415 g/mol. The molecule has 1 fully saturated rings. The number of piperidine rings is 1. The lowest BCUT2D eigenvalue weighted by Crippen LogP contribution is -2.40. The molecule has 1 aliphatic rings. The summed E-state index contributed by atoms with van der Waals surface area (Å²) in [6, 6.07) is 8.27. The molecule has 1 N–H and O–H groups in total. The molecule has 2 amide bonds. The van der Waals surface area contributed by atoms with Gasteiger partial charge in [0.15, 0.2) is 11.6 Å². The van der Waals surface area contributed by atoms with Gasteiger partial charge in [0.1, 0.15) is 5.69 Å². The van der Waals surface area contributed by atoms with Crippen LogP contribution in [0.3, 0.4) is 0 Å². The highest BCUT2D eigenvalue weighted by molar-refractivity contribution is 5.89. The van der Waals surface area contributed by atoms with Crippen molar-refractivity contribution in [2.45, 2.75) is 25.4 Å². The lowest BCUT2D eigenvalue weighted by molar-refractivity contribution is -0.0521. The number of nitrogens with one attached hydrogen (secondary N) is 1. The third-order valence-corrected chi connectivity index (χ3v) is 4.87. The van der Waals surface area contributed by atoms with Crippen molar-refractivity contribution in [2.24, 2.45) is 0 Å². The number of likely N-dealkylation sites (tertiary alicyclic amines) is 1. The average Bonchev–Trinajstić information content (AvgIpc) is 3.26. The number of ether oxygens (including phenoxy) is 1. The number of aromatic nitrogens is 3. The SMILES string of the molecule is O=C(Nc1ccc(OC(F)F)c(F)c1)N1CCC(c2nc(-c3ccccn3)no2)CC1. The molecule has 0 atom stereocenters. The molecule has 4 rings (SSSR count). The Morgan fingerprint density at radius 2 is 2.03 bits per heavy atom. The molecule has 1 saturated heterocycles. The summed E-state index contributed by atoms with van der Waals surface area (Å²) >= 11 is 0. The van der Waals surface area contributed by atoms with Gasteiger partial charge >= 0.3 is 12.6 Å². The first-order chi connectivity index (χ1) is 15.0. The highest BCUT2D eigenvalue weighted by Crippen LogP contribution is 2.29. The lowest BCUT2D eigenvalue weighted by Gasteiger charge is -2.30. The van der Waals surface area contributed by atoms with Gasteiger partial charge in [0, 0.05) is 37.0 Å². The smallest absolute Gasteiger partial charge is 0.387 e. The Bertz CT molecular complexity index is 1040. The number of rotatable bonds is 5. The first-order valence-corrected chi connectivity index (χ1v) is 9.55. The number of carbonyl (C=O) groups excluding carboxylic acids is 1. The van der Waals surface area contributed by atoms with E-state index in [1.807, 2.05) is 6.07 Å². The van der Waals surface area contributed by atoms with Crippen LogP contribution < -0.4 is 10.1 Å². The first kappa shape index (κ1) is 20.6. The van der Waals surface area contributed by atoms with E-state index in [2.05, 4.69) is 25.2 Å². The minimum absolute atomic E-state index is 0.0113. The van der Waals surface area contributed by atoms with E-state index in [1.165, 1.54) is 6.07 Å². The molecule has 1 aliphatic heterocycles. The number of halogens is 3. The van der Waals surface area contributed by atoms with Crippen LogP contribution in [-0.2, 0) is 0 Å². The number of alkyl halides is 2. The van der Waals surface area contributed by atoms with E-state index in [-0.39, 0.29) is 11.6 Å². The van der Waals surface area contributed by atoms with Crippen molar-refractivity contribution in [3.05, 3.63) is 54.3 Å². The minimum Gasteiger partial charge on any atom is -0.432 e. The molecule has 0 aliphatic carbocycles. The third-order valence-electron chi connectivity index (χ3n) is 4.87. The van der Waals surface area contributed by atoms with Crippen LogP contribution in [0.25, 0.3) is 11.5 Å². The van der Waals surface area contributed by atoms with Crippen molar-refractivity contribution in [3.63, 3.8) is 0 Å². The second-order valence-electron chi connectivity index (χ2n) is 6.89. The molecule has 1 aromatic carbocycles. The fourth-order valence-electron chi connectivity index (χ4n) is 3.30. The normalized spacial score (nSPS) is 14.6. The maximum Gasteiger partial charge on any atom is 0.387 e. The molecular formula is C20H18F3N5O3. The van der Waals surface area contributed by atoms with Crippen LogP contribution in [-0.4, -0.2) is 45.8 Å². The van der Waals surface area contributed by atoms with Crippen molar-refractivity contribution < 1.29 is 27.2 Å². The fraction of sp³-hybridized carbons (Fsp3) is 0.300. The summed E-state index contributed by atoms with van der Waals surface area (Å²) in [5, 5.41) is 6.53. The highest BCUT2D eigenvalue weighted by Gasteiger charge is 2.28. The van der Waals surface area contributed by atoms with Gasteiger partial charge in [0.25, 0.3) is 0 Å². The van der Waals surface area contributed by atoms with Crippen molar-refractivity contribution >= 4 is 11.7 Å². The summed E-state index contributed by atoms with van der Waals surface area (Å²) in [5.74, 6) is -0.651. The number of hydrogen-bond donors (Lipinski definition) is 1. The predicted octanol–water partition coefficient (Wildman–Crippen LogP) is 4.28. The number of benzene rings is 1. The molecule has 0 unspecified atom stereocenters. The Kier molecular flexibility index (Phi) is 6.01. The lowest BCUT2D eigenvalue weighted by atomic mass is 9.97. The van der Waals surface area contributed by atoms with Gasteiger partial charge in [-0.25, -0.2) is 9.18 Å². The zero-order valence-corrected chi connectivity index (χ0v) is 16.2. The van der Waals surface area contributed by atoms with Crippen LogP contribution in [0.5, 0.6) is 5.75 Å². The Morgan fingerprint density at radius 1 is 1.23 bits per heavy atom. The topological polar surface area (TPSA) is 93.4 Å². The van der Waals surface area contributed by atoms with Gasteiger partial charge in [-0.1, -0.05) is 11.2 Å². The van der Waals surface area contributed by atoms with Gasteiger partial charge in [0.2, 0.25) is 11.7 Å². The minimum atomic E-state index is -3.13. The quantitative estimate of drug-likeness (QED) is 0.646. The summed E-state index contributed by atoms with van der Waals surface area (Å²) in [5.41, 5.74) is 0.759. The van der Waals surface area contributed by atoms with Gasteiger partial charge in [-0.05, 0) is 37.1 Å². The van der Waals surface area contributed by atoms with Gasteiger partial charge in [-0.15, -0.1) is 0 Å². The van der Waals surface area contributed by atoms with Crippen molar-refractivity contribution in [1.82, 2.24) is 20.0 Å². The maximum absolute atomic E-state index is 13.8. The van der Waals surface area contributed by atoms with Crippen molar-refractivity contribution in [2.75, 3.05) is 18.4 Å². The summed E-state index contributed by atoms with van der Waals surface area (Å²) in [7, 11) is 0. The van der Waals surface area contributed by atoms with E-state index in [1.54, 1.807) is 23.2 Å². The Balaban J connectivity index is 1.32. The number of nitrogens with zero attached hydrogens (tertiary/aromatic N) is 4. The average molecular weight is 433 g/mol. The first-order valence-electron chi connectivity index (χ1n) is 9.55. The molecule has 0 radical (unpaired) electrons. The fourth-order valence-corrected chi connectivity index (χ4v) is 3.30. The van der Waals surface area contributed by atoms with E-state index in [0.717, 1.165) is 12.1 Å². The number of amides is 2. The van der Waals surface area contributed by atoms with E-state index in [4.69, 9.17) is 4.52 Å². The standard InChI is InChI=1S/C20H18F3N5O3/c21-14-11-13(4-5-16(14)30-19(22)23)25-20(29)28-9-6-12(7-10-28)18-26-17(27-31-18)15-3-1-2-8-24-15/h1-5,8,11-12,19H,6-7,9-10H2,(H,25,29). The third kappa shape index (κ3) is 4.93. The van der Waals surface area contributed by atoms with Gasteiger partial charge < -0.3 is 19.5 Å². The highest BCUT2D eigenvalue weighted by atomic mass is 19.3. The summed E-state index contributed by atoms with van der Waals surface area (Å²) in [6.45, 7) is -2.25. The molecule has 3 aromatic rings. The molecule has 8 nitrogen and oxygen atoms in total. The van der Waals surface area contributed by atoms with Gasteiger partial charge in [-0.2, -0.15) is 13.8 Å². The van der Waals surface area contributed by atoms with Gasteiger partial charge in [-0.3, -0.25) is 4.98 Å². The van der Waals surface area contributed by atoms with Crippen molar-refractivity contribution in [1.29, 1.82) is 0 Å². The molecule has 11 heteroatoms. The zero-order valence-electron chi connectivity index (χ0n) is 16.2.